The molecule has 35 heavy (non-hydrogen) atoms. The number of benzene rings is 2. The van der Waals surface area contributed by atoms with Gasteiger partial charge in [-0.1, -0.05) is 41.4 Å². The Morgan fingerprint density at radius 2 is 2.00 bits per heavy atom. The molecular weight excluding hydrogens is 508 g/mol. The Morgan fingerprint density at radius 1 is 1.23 bits per heavy atom. The predicted molar refractivity (Wildman–Crippen MR) is 134 cm³/mol. The number of halogens is 3. The first-order valence-electron chi connectivity index (χ1n) is 11.1. The Hall–Kier alpha value is -2.86. The van der Waals surface area contributed by atoms with Crippen molar-refractivity contribution in [2.45, 2.75) is 34.9 Å². The van der Waals surface area contributed by atoms with Gasteiger partial charge in [-0.05, 0) is 49.1 Å². The lowest BCUT2D eigenvalue weighted by atomic mass is 10.0. The molecular formula is C25H20Cl2FN5OS. The Kier molecular flexibility index (Phi) is 6.58. The number of carbonyl (C=O) groups excluding carboxylic acids is 1. The van der Waals surface area contributed by atoms with Crippen LogP contribution in [0.5, 0.6) is 0 Å². The van der Waals surface area contributed by atoms with E-state index in [9.17, 15) is 14.4 Å². The monoisotopic (exact) mass is 527 g/mol. The van der Waals surface area contributed by atoms with Crippen molar-refractivity contribution < 1.29 is 9.18 Å². The zero-order valence-electron chi connectivity index (χ0n) is 18.5. The molecule has 1 saturated heterocycles. The molecule has 1 atom stereocenters. The second-order valence-electron chi connectivity index (χ2n) is 8.61. The van der Waals surface area contributed by atoms with Gasteiger partial charge in [-0.15, -0.1) is 11.8 Å². The third kappa shape index (κ3) is 4.94. The number of anilines is 1. The molecule has 3 aromatic rings. The van der Waals surface area contributed by atoms with Crippen molar-refractivity contribution in [3.8, 4) is 6.07 Å². The van der Waals surface area contributed by atoms with E-state index in [1.165, 1.54) is 18.3 Å². The maximum absolute atomic E-state index is 13.4. The number of hydrogen-bond donors (Lipinski definition) is 1. The van der Waals surface area contributed by atoms with Crippen LogP contribution in [0.4, 0.5) is 10.2 Å². The maximum Gasteiger partial charge on any atom is 0.257 e. The molecule has 0 radical (unpaired) electrons. The predicted octanol–water partition coefficient (Wildman–Crippen LogP) is 5.58. The van der Waals surface area contributed by atoms with Gasteiger partial charge in [0, 0.05) is 29.4 Å². The number of nitrogens with zero attached hydrogens (tertiary/aromatic N) is 4. The Bertz CT molecular complexity index is 1330. The minimum absolute atomic E-state index is 0.00482. The summed E-state index contributed by atoms with van der Waals surface area (Å²) in [7, 11) is 0. The van der Waals surface area contributed by atoms with E-state index in [0.717, 1.165) is 29.7 Å². The Morgan fingerprint density at radius 3 is 2.71 bits per heavy atom. The molecule has 1 amide bonds. The lowest BCUT2D eigenvalue weighted by Gasteiger charge is -2.23. The summed E-state index contributed by atoms with van der Waals surface area (Å²) in [6, 6.07) is 13.7. The van der Waals surface area contributed by atoms with Gasteiger partial charge in [-0.3, -0.25) is 4.79 Å². The molecule has 5 rings (SSSR count). The van der Waals surface area contributed by atoms with Crippen LogP contribution in [-0.2, 0) is 5.54 Å². The lowest BCUT2D eigenvalue weighted by molar-refractivity contribution is 0.0930. The highest BCUT2D eigenvalue weighted by atomic mass is 35.5. The van der Waals surface area contributed by atoms with Crippen LogP contribution in [0.15, 0.2) is 53.6 Å². The van der Waals surface area contributed by atoms with Gasteiger partial charge in [0.15, 0.2) is 0 Å². The number of thioether (sulfide) groups is 1. The van der Waals surface area contributed by atoms with Gasteiger partial charge in [-0.25, -0.2) is 14.4 Å². The van der Waals surface area contributed by atoms with Gasteiger partial charge in [0.1, 0.15) is 23.3 Å². The maximum atomic E-state index is 13.4. The second-order valence-corrected chi connectivity index (χ2v) is 10.7. The molecule has 2 aliphatic rings. The number of nitriles is 1. The average molecular weight is 528 g/mol. The summed E-state index contributed by atoms with van der Waals surface area (Å²) >= 11 is 14.2. The fourth-order valence-corrected chi connectivity index (χ4v) is 5.96. The van der Waals surface area contributed by atoms with E-state index in [4.69, 9.17) is 23.2 Å². The molecule has 0 spiro atoms. The molecule has 178 valence electrons. The number of hydrogen-bond acceptors (Lipinski definition) is 6. The smallest absolute Gasteiger partial charge is 0.257 e. The van der Waals surface area contributed by atoms with Crippen LogP contribution >= 0.6 is 35.0 Å². The summed E-state index contributed by atoms with van der Waals surface area (Å²) in [5.74, 6) is -0.200. The number of nitrogens with one attached hydrogen (secondary N) is 1. The normalized spacial score (nSPS) is 18.2. The van der Waals surface area contributed by atoms with Gasteiger partial charge < -0.3 is 10.2 Å². The van der Waals surface area contributed by atoms with Crippen molar-refractivity contribution in [2.75, 3.05) is 18.0 Å². The molecule has 0 bridgehead atoms. The van der Waals surface area contributed by atoms with E-state index in [2.05, 4.69) is 15.3 Å². The SMILES string of the molecule is N#Cc1ncc(C(=O)NC2(c3ccc(F)cc3)CC2)c(N2CCC(Sc3cccc(Cl)c3Cl)C2)n1. The quantitative estimate of drug-likeness (QED) is 0.450. The summed E-state index contributed by atoms with van der Waals surface area (Å²) < 4.78 is 13.4. The third-order valence-electron chi connectivity index (χ3n) is 6.27. The molecule has 2 heterocycles. The average Bonchev–Trinajstić information content (AvgIpc) is 3.49. The first kappa shape index (κ1) is 23.9. The van der Waals surface area contributed by atoms with Gasteiger partial charge >= 0.3 is 0 Å². The minimum Gasteiger partial charge on any atom is -0.355 e. The standard InChI is InChI=1S/C25H20Cl2FN5OS/c26-19-2-1-3-20(22(19)27)35-17-8-11-33(14-17)23-18(13-30-21(12-29)31-23)24(34)32-25(9-10-25)15-4-6-16(28)7-5-15/h1-7,13,17H,8-11,14H2,(H,32,34). The summed E-state index contributed by atoms with van der Waals surface area (Å²) in [5.41, 5.74) is 0.645. The van der Waals surface area contributed by atoms with E-state index in [1.807, 2.05) is 23.1 Å². The van der Waals surface area contributed by atoms with Gasteiger partial charge in [0.25, 0.3) is 5.91 Å². The van der Waals surface area contributed by atoms with E-state index in [0.29, 0.717) is 34.5 Å². The first-order chi connectivity index (χ1) is 16.9. The molecule has 1 aliphatic heterocycles. The van der Waals surface area contributed by atoms with Crippen LogP contribution in [0.1, 0.15) is 41.0 Å². The summed E-state index contributed by atoms with van der Waals surface area (Å²) in [6.07, 6.45) is 3.78. The van der Waals surface area contributed by atoms with Crippen molar-refractivity contribution in [3.05, 3.63) is 81.5 Å². The summed E-state index contributed by atoms with van der Waals surface area (Å²) in [6.45, 7) is 1.29. The van der Waals surface area contributed by atoms with Crippen LogP contribution in [-0.4, -0.2) is 34.2 Å². The van der Waals surface area contributed by atoms with Gasteiger partial charge in [-0.2, -0.15) is 5.26 Å². The number of aromatic nitrogens is 2. The van der Waals surface area contributed by atoms with Crippen molar-refractivity contribution in [2.24, 2.45) is 0 Å². The van der Waals surface area contributed by atoms with Crippen molar-refractivity contribution in [1.29, 1.82) is 5.26 Å². The molecule has 1 aromatic heterocycles. The number of amides is 1. The van der Waals surface area contributed by atoms with Crippen LogP contribution in [0.3, 0.4) is 0 Å². The van der Waals surface area contributed by atoms with Crippen molar-refractivity contribution in [1.82, 2.24) is 15.3 Å². The second kappa shape index (κ2) is 9.65. The van der Waals surface area contributed by atoms with Crippen molar-refractivity contribution >= 4 is 46.7 Å². The molecule has 1 N–H and O–H groups in total. The van der Waals surface area contributed by atoms with Gasteiger partial charge in [0.2, 0.25) is 5.82 Å². The number of rotatable bonds is 6. The summed E-state index contributed by atoms with van der Waals surface area (Å²) in [4.78, 5) is 24.7. The van der Waals surface area contributed by atoms with E-state index >= 15 is 0 Å². The molecule has 1 unspecified atom stereocenters. The first-order valence-corrected chi connectivity index (χ1v) is 12.7. The van der Waals surface area contributed by atoms with Crippen LogP contribution in [0.2, 0.25) is 10.0 Å². The molecule has 6 nitrogen and oxygen atoms in total. The molecule has 1 aliphatic carbocycles. The van der Waals surface area contributed by atoms with Crippen molar-refractivity contribution in [3.63, 3.8) is 0 Å². The van der Waals surface area contributed by atoms with Crippen LogP contribution in [0, 0.1) is 17.1 Å². The molecule has 2 aromatic carbocycles. The third-order valence-corrected chi connectivity index (χ3v) is 8.51. The number of carbonyl (C=O) groups is 1. The molecule has 1 saturated carbocycles. The van der Waals surface area contributed by atoms with E-state index < -0.39 is 5.54 Å². The zero-order chi connectivity index (χ0) is 24.6. The van der Waals surface area contributed by atoms with E-state index in [1.54, 1.807) is 30.0 Å². The Labute approximate surface area is 216 Å². The summed E-state index contributed by atoms with van der Waals surface area (Å²) in [5, 5.41) is 13.7. The lowest BCUT2D eigenvalue weighted by Crippen LogP contribution is -2.36. The highest BCUT2D eigenvalue weighted by Gasteiger charge is 2.46. The van der Waals surface area contributed by atoms with Crippen LogP contribution < -0.4 is 10.2 Å². The Balaban J connectivity index is 1.36. The zero-order valence-corrected chi connectivity index (χ0v) is 20.8. The topological polar surface area (TPSA) is 81.9 Å². The molecule has 10 heteroatoms. The highest BCUT2D eigenvalue weighted by molar-refractivity contribution is 8.00. The minimum atomic E-state index is -0.525. The highest BCUT2D eigenvalue weighted by Crippen LogP contribution is 2.46. The van der Waals surface area contributed by atoms with Crippen LogP contribution in [0.25, 0.3) is 0 Å². The molecule has 2 fully saturated rings. The van der Waals surface area contributed by atoms with E-state index in [-0.39, 0.29) is 22.8 Å². The fraction of sp³-hybridized carbons (Fsp3) is 0.280. The van der Waals surface area contributed by atoms with Gasteiger partial charge in [0.05, 0.1) is 15.6 Å². The fourth-order valence-electron chi connectivity index (χ4n) is 4.26. The largest absolute Gasteiger partial charge is 0.355 e.